The van der Waals surface area contributed by atoms with Crippen LogP contribution in [0.3, 0.4) is 0 Å². The van der Waals surface area contributed by atoms with Crippen LogP contribution in [0.2, 0.25) is 0 Å². The molecule has 2 atom stereocenters. The molecule has 1 unspecified atom stereocenters. The van der Waals surface area contributed by atoms with Crippen molar-refractivity contribution in [3.63, 3.8) is 0 Å². The summed E-state index contributed by atoms with van der Waals surface area (Å²) in [5.41, 5.74) is 5.35. The third kappa shape index (κ3) is 39.0. The number of nitrogens with two attached hydrogens (primary N) is 1. The van der Waals surface area contributed by atoms with Crippen LogP contribution >= 0.6 is 7.82 Å². The van der Waals surface area contributed by atoms with Crippen molar-refractivity contribution >= 4 is 13.8 Å². The molecule has 0 aliphatic heterocycles. The number of ether oxygens (including phenoxy) is 2. The molecule has 0 fully saturated rings. The van der Waals surface area contributed by atoms with Crippen LogP contribution in [0.4, 0.5) is 0 Å². The number of unbranched alkanes of at least 4 members (excludes halogenated alkanes) is 15. The maximum Gasteiger partial charge on any atom is 0.472 e. The van der Waals surface area contributed by atoms with E-state index in [9.17, 15) is 14.3 Å². The zero-order valence-electron chi connectivity index (χ0n) is 33.0. The van der Waals surface area contributed by atoms with Gasteiger partial charge in [0.25, 0.3) is 0 Å². The lowest BCUT2D eigenvalue weighted by molar-refractivity contribution is -0.147. The van der Waals surface area contributed by atoms with E-state index in [0.29, 0.717) is 6.42 Å². The number of hydrogen-bond acceptors (Lipinski definition) is 7. The molecule has 0 aromatic carbocycles. The van der Waals surface area contributed by atoms with Crippen LogP contribution in [0.25, 0.3) is 0 Å². The predicted octanol–water partition coefficient (Wildman–Crippen LogP) is 12.3. The van der Waals surface area contributed by atoms with Crippen LogP contribution in [0.1, 0.15) is 162 Å². The van der Waals surface area contributed by atoms with Gasteiger partial charge in [0.15, 0.2) is 6.10 Å². The van der Waals surface area contributed by atoms with Gasteiger partial charge >= 0.3 is 13.8 Å². The number of carbonyl (C=O) groups is 1. The summed E-state index contributed by atoms with van der Waals surface area (Å²) in [6.45, 7) is 4.09. The Morgan fingerprint density at radius 3 is 1.60 bits per heavy atom. The summed E-state index contributed by atoms with van der Waals surface area (Å²) in [5, 5.41) is 0. The van der Waals surface area contributed by atoms with Crippen molar-refractivity contribution in [3.8, 4) is 0 Å². The molecule has 0 aliphatic rings. The lowest BCUT2D eigenvalue weighted by Crippen LogP contribution is -2.25. The molecule has 0 amide bonds. The van der Waals surface area contributed by atoms with Gasteiger partial charge in [-0.15, -0.1) is 0 Å². The second-order valence-corrected chi connectivity index (χ2v) is 14.7. The average molecular weight is 750 g/mol. The number of phosphoric ester groups is 1. The molecule has 0 heterocycles. The fourth-order valence-electron chi connectivity index (χ4n) is 5.08. The molecule has 300 valence electrons. The summed E-state index contributed by atoms with van der Waals surface area (Å²) in [6.07, 6.45) is 50.2. The van der Waals surface area contributed by atoms with Gasteiger partial charge in [0.1, 0.15) is 6.61 Å². The summed E-state index contributed by atoms with van der Waals surface area (Å²) in [4.78, 5) is 22.2. The second-order valence-electron chi connectivity index (χ2n) is 13.2. The molecule has 3 N–H and O–H groups in total. The van der Waals surface area contributed by atoms with Crippen LogP contribution < -0.4 is 5.73 Å². The Morgan fingerprint density at radius 2 is 1.04 bits per heavy atom. The molecule has 9 heteroatoms. The van der Waals surface area contributed by atoms with Crippen molar-refractivity contribution in [1.82, 2.24) is 0 Å². The van der Waals surface area contributed by atoms with E-state index in [1.807, 2.05) is 6.08 Å². The maximum absolute atomic E-state index is 12.4. The third-order valence-corrected chi connectivity index (χ3v) is 9.17. The minimum absolute atomic E-state index is 0.0891. The first kappa shape index (κ1) is 49.8. The molecule has 0 saturated heterocycles. The molecule has 0 rings (SSSR count). The zero-order valence-corrected chi connectivity index (χ0v) is 33.9. The van der Waals surface area contributed by atoms with Gasteiger partial charge in [0.05, 0.1) is 19.5 Å². The van der Waals surface area contributed by atoms with E-state index in [4.69, 9.17) is 24.3 Å². The highest BCUT2D eigenvalue weighted by atomic mass is 31.2. The Bertz CT molecular complexity index is 1020. The van der Waals surface area contributed by atoms with Crippen molar-refractivity contribution < 1.29 is 32.8 Å². The molecule has 52 heavy (non-hydrogen) atoms. The van der Waals surface area contributed by atoms with Crippen molar-refractivity contribution in [1.29, 1.82) is 0 Å². The lowest BCUT2D eigenvalue weighted by atomic mass is 10.1. The number of allylic oxidation sites excluding steroid dienone is 11. The molecular formula is C43H76NO7P. The molecule has 0 bridgehead atoms. The van der Waals surface area contributed by atoms with Gasteiger partial charge in [-0.2, -0.15) is 0 Å². The van der Waals surface area contributed by atoms with Crippen molar-refractivity contribution in [2.75, 3.05) is 26.4 Å². The quantitative estimate of drug-likeness (QED) is 0.0211. The smallest absolute Gasteiger partial charge is 0.472 e. The van der Waals surface area contributed by atoms with Gasteiger partial charge in [-0.25, -0.2) is 4.57 Å². The van der Waals surface area contributed by atoms with Gasteiger partial charge in [-0.05, 0) is 89.5 Å². The molecule has 0 saturated carbocycles. The number of phosphoric acid groups is 1. The highest BCUT2D eigenvalue weighted by molar-refractivity contribution is 7.47. The molecule has 0 radical (unpaired) electrons. The summed E-state index contributed by atoms with van der Waals surface area (Å²) in [5.74, 6) is -0.349. The standard InChI is InChI=1S/C43H76NO7P/c1-3-5-7-9-11-13-15-17-19-21-22-24-26-28-30-32-34-36-43(45)49-40-42(41-51-52(46,47)50-39-37-44)48-38-35-33-31-29-27-25-23-20-18-16-14-12-10-8-6-4-2/h11,13-14,16-17,19,22,24,28,30,35,38,42H,3-10,12,15,18,20-21,23,25-27,29,31-34,36-37,39-41,44H2,1-2H3,(H,46,47)/b13-11-,16-14-,19-17-,24-22-,30-28-,38-35-/t42-/m1/s1. The van der Waals surface area contributed by atoms with Crippen molar-refractivity contribution in [2.24, 2.45) is 5.73 Å². The Morgan fingerprint density at radius 1 is 0.596 bits per heavy atom. The van der Waals surface area contributed by atoms with E-state index >= 15 is 0 Å². The van der Waals surface area contributed by atoms with Gasteiger partial charge in [0, 0.05) is 13.0 Å². The van der Waals surface area contributed by atoms with Crippen LogP contribution in [-0.2, 0) is 27.9 Å². The Balaban J connectivity index is 4.24. The van der Waals surface area contributed by atoms with E-state index in [-0.39, 0.29) is 38.8 Å². The van der Waals surface area contributed by atoms with E-state index in [1.54, 1.807) is 6.26 Å². The molecule has 0 aliphatic carbocycles. The monoisotopic (exact) mass is 750 g/mol. The molecule has 0 aromatic heterocycles. The summed E-state index contributed by atoms with van der Waals surface area (Å²) >= 11 is 0. The minimum Gasteiger partial charge on any atom is -0.492 e. The predicted molar refractivity (Wildman–Crippen MR) is 219 cm³/mol. The van der Waals surface area contributed by atoms with Gasteiger partial charge in [-0.3, -0.25) is 13.8 Å². The first-order valence-electron chi connectivity index (χ1n) is 20.5. The summed E-state index contributed by atoms with van der Waals surface area (Å²) < 4.78 is 33.1. The van der Waals surface area contributed by atoms with E-state index in [1.165, 1.54) is 89.9 Å². The van der Waals surface area contributed by atoms with Crippen molar-refractivity contribution in [3.05, 3.63) is 73.1 Å². The normalized spacial score (nSPS) is 14.2. The fraction of sp³-hybridized carbons (Fsp3) is 0.698. The van der Waals surface area contributed by atoms with E-state index in [0.717, 1.165) is 44.9 Å². The summed E-state index contributed by atoms with van der Waals surface area (Å²) in [7, 11) is -4.28. The number of esters is 1. The van der Waals surface area contributed by atoms with Crippen molar-refractivity contribution in [2.45, 2.75) is 168 Å². The highest BCUT2D eigenvalue weighted by Gasteiger charge is 2.24. The Kier molecular flexibility index (Phi) is 38.3. The lowest BCUT2D eigenvalue weighted by Gasteiger charge is -2.19. The second kappa shape index (κ2) is 40.0. The molecular weight excluding hydrogens is 673 g/mol. The number of rotatable bonds is 38. The van der Waals surface area contributed by atoms with E-state index < -0.39 is 13.9 Å². The van der Waals surface area contributed by atoms with E-state index in [2.05, 4.69) is 74.6 Å². The first-order valence-corrected chi connectivity index (χ1v) is 22.0. The largest absolute Gasteiger partial charge is 0.492 e. The van der Waals surface area contributed by atoms with Gasteiger partial charge in [0.2, 0.25) is 0 Å². The average Bonchev–Trinajstić information content (AvgIpc) is 3.14. The molecule has 0 aromatic rings. The zero-order chi connectivity index (χ0) is 38.1. The van der Waals surface area contributed by atoms with Crippen LogP contribution in [0.15, 0.2) is 73.1 Å². The number of carbonyl (C=O) groups excluding carboxylic acids is 1. The fourth-order valence-corrected chi connectivity index (χ4v) is 5.85. The van der Waals surface area contributed by atoms with Crippen LogP contribution in [0, 0.1) is 0 Å². The Hall–Kier alpha value is -2.22. The maximum atomic E-state index is 12.4. The topological polar surface area (TPSA) is 117 Å². The molecule has 8 nitrogen and oxygen atoms in total. The van der Waals surface area contributed by atoms with Crippen LogP contribution in [-0.4, -0.2) is 43.3 Å². The first-order chi connectivity index (χ1) is 25.4. The third-order valence-electron chi connectivity index (χ3n) is 8.19. The summed E-state index contributed by atoms with van der Waals surface area (Å²) in [6, 6.07) is 0. The van der Waals surface area contributed by atoms with Gasteiger partial charge < -0.3 is 20.1 Å². The van der Waals surface area contributed by atoms with Gasteiger partial charge in [-0.1, -0.05) is 132 Å². The SMILES string of the molecule is CCCCC/C=C\C/C=C\C/C=C\C/C=C\CCCC(=O)OC[C@H](COP(=O)(O)OCCN)O/C=C\CCCCCCCC/C=C\CCCCCC. The highest BCUT2D eigenvalue weighted by Crippen LogP contribution is 2.43. The number of hydrogen-bond donors (Lipinski definition) is 2. The minimum atomic E-state index is -4.28. The Labute approximate surface area is 318 Å². The molecule has 0 spiro atoms. The van der Waals surface area contributed by atoms with Crippen LogP contribution in [0.5, 0.6) is 0 Å².